The lowest BCUT2D eigenvalue weighted by Crippen LogP contribution is -2.62. The van der Waals surface area contributed by atoms with Crippen molar-refractivity contribution in [3.05, 3.63) is 0 Å². The Balaban J connectivity index is 2.67. The second kappa shape index (κ2) is 3.40. The number of nitrogens with one attached hydrogen (secondary N) is 1. The van der Waals surface area contributed by atoms with Crippen molar-refractivity contribution in [1.82, 2.24) is 10.2 Å². The van der Waals surface area contributed by atoms with Crippen LogP contribution in [-0.2, 0) is 4.79 Å². The van der Waals surface area contributed by atoms with E-state index in [4.69, 9.17) is 0 Å². The highest BCUT2D eigenvalue weighted by atomic mass is 16.4. The molecule has 68 valence electrons. The lowest BCUT2D eigenvalue weighted by Gasteiger charge is -2.38. The Kier molecular flexibility index (Phi) is 2.49. The largest absolute Gasteiger partial charge is 0.548 e. The van der Waals surface area contributed by atoms with Crippen LogP contribution in [0.4, 0.5) is 4.79 Å². The van der Waals surface area contributed by atoms with Gasteiger partial charge in [-0.2, -0.15) is 0 Å². The molecule has 1 aliphatic heterocycles. The van der Waals surface area contributed by atoms with Crippen LogP contribution < -0.4 is 15.5 Å². The Labute approximate surface area is 68.8 Å². The van der Waals surface area contributed by atoms with Gasteiger partial charge in [-0.15, -0.1) is 0 Å². The fourth-order valence-corrected chi connectivity index (χ4v) is 1.13. The number of carbonyl (C=O) groups is 2. The van der Waals surface area contributed by atoms with Gasteiger partial charge in [-0.05, 0) is 0 Å². The fraction of sp³-hybridized carbons (Fsp3) is 0.667. The zero-order valence-corrected chi connectivity index (χ0v) is 6.28. The van der Waals surface area contributed by atoms with E-state index in [1.54, 1.807) is 0 Å². The smallest absolute Gasteiger partial charge is 0.137 e. The van der Waals surface area contributed by atoms with E-state index in [-0.39, 0.29) is 13.1 Å². The molecule has 0 bridgehead atoms. The summed E-state index contributed by atoms with van der Waals surface area (Å²) in [5.74, 6) is -1.40. The molecule has 1 N–H and O–H groups in total. The Bertz CT molecular complexity index is 184. The van der Waals surface area contributed by atoms with E-state index in [9.17, 15) is 19.8 Å². The SMILES string of the molecule is O=C([O-])C1CNCCN1C(=O)[O-]. The quantitative estimate of drug-likeness (QED) is 0.440. The number of aliphatic carboxylic acids is 1. The van der Waals surface area contributed by atoms with Crippen LogP contribution >= 0.6 is 0 Å². The predicted octanol–water partition coefficient (Wildman–Crippen LogP) is -3.65. The second-order valence-corrected chi connectivity index (χ2v) is 2.50. The maximum absolute atomic E-state index is 10.4. The van der Waals surface area contributed by atoms with Crippen LogP contribution in [0.5, 0.6) is 0 Å². The van der Waals surface area contributed by atoms with Crippen molar-refractivity contribution >= 4 is 12.1 Å². The van der Waals surface area contributed by atoms with E-state index in [0.717, 1.165) is 4.90 Å². The molecule has 0 aromatic heterocycles. The third-order valence-electron chi connectivity index (χ3n) is 1.75. The monoisotopic (exact) mass is 172 g/mol. The van der Waals surface area contributed by atoms with Gasteiger partial charge in [0.1, 0.15) is 6.09 Å². The molecule has 1 unspecified atom stereocenters. The lowest BCUT2D eigenvalue weighted by molar-refractivity contribution is -0.316. The normalized spacial score (nSPS) is 23.7. The number of piperazine rings is 1. The van der Waals surface area contributed by atoms with Gasteiger partial charge in [0.2, 0.25) is 0 Å². The molecule has 0 spiro atoms. The number of carbonyl (C=O) groups excluding carboxylic acids is 2. The molecule has 1 rings (SSSR count). The Morgan fingerprint density at radius 1 is 1.42 bits per heavy atom. The second-order valence-electron chi connectivity index (χ2n) is 2.50. The van der Waals surface area contributed by atoms with Crippen molar-refractivity contribution in [1.29, 1.82) is 0 Å². The average Bonchev–Trinajstić information content (AvgIpc) is 2.04. The van der Waals surface area contributed by atoms with Gasteiger partial charge in [0.05, 0.1) is 12.0 Å². The minimum atomic E-state index is -1.47. The Hall–Kier alpha value is -1.30. The summed E-state index contributed by atoms with van der Waals surface area (Å²) in [5.41, 5.74) is 0. The maximum atomic E-state index is 10.4. The van der Waals surface area contributed by atoms with E-state index < -0.39 is 18.1 Å². The van der Waals surface area contributed by atoms with Gasteiger partial charge < -0.3 is 30.0 Å². The number of hydrogen-bond acceptors (Lipinski definition) is 5. The molecule has 0 aromatic carbocycles. The highest BCUT2D eigenvalue weighted by molar-refractivity contribution is 5.77. The zero-order chi connectivity index (χ0) is 9.14. The number of carboxylic acid groups (broad SMARTS) is 2. The van der Waals surface area contributed by atoms with Crippen LogP contribution in [0.25, 0.3) is 0 Å². The van der Waals surface area contributed by atoms with E-state index >= 15 is 0 Å². The van der Waals surface area contributed by atoms with E-state index in [2.05, 4.69) is 5.32 Å². The topological polar surface area (TPSA) is 95.5 Å². The summed E-state index contributed by atoms with van der Waals surface area (Å²) >= 11 is 0. The van der Waals surface area contributed by atoms with E-state index in [1.165, 1.54) is 0 Å². The number of nitrogens with zero attached hydrogens (tertiary/aromatic N) is 1. The molecule has 0 aliphatic carbocycles. The number of rotatable bonds is 1. The number of carboxylic acids is 1. The summed E-state index contributed by atoms with van der Waals surface area (Å²) in [6, 6.07) is -1.12. The van der Waals surface area contributed by atoms with Crippen LogP contribution in [0.1, 0.15) is 0 Å². The molecule has 12 heavy (non-hydrogen) atoms. The summed E-state index contributed by atoms with van der Waals surface area (Å²) in [4.78, 5) is 21.5. The average molecular weight is 172 g/mol. The molecule has 6 nitrogen and oxygen atoms in total. The fourth-order valence-electron chi connectivity index (χ4n) is 1.13. The highest BCUT2D eigenvalue weighted by Gasteiger charge is 2.22. The molecular formula is C6H8N2O4-2. The molecule has 1 aliphatic rings. The van der Waals surface area contributed by atoms with Crippen LogP contribution in [0.3, 0.4) is 0 Å². The maximum Gasteiger partial charge on any atom is 0.137 e. The Morgan fingerprint density at radius 3 is 2.50 bits per heavy atom. The Morgan fingerprint density at radius 2 is 2.08 bits per heavy atom. The van der Waals surface area contributed by atoms with E-state index in [0.29, 0.717) is 6.54 Å². The van der Waals surface area contributed by atoms with Gasteiger partial charge in [0, 0.05) is 19.6 Å². The van der Waals surface area contributed by atoms with Gasteiger partial charge in [0.25, 0.3) is 0 Å². The first kappa shape index (κ1) is 8.79. The summed E-state index contributed by atoms with van der Waals surface area (Å²) in [5, 5.41) is 23.5. The van der Waals surface area contributed by atoms with Crippen LogP contribution in [-0.4, -0.2) is 42.6 Å². The molecule has 0 saturated carbocycles. The molecule has 0 aromatic rings. The third kappa shape index (κ3) is 1.65. The molecule has 1 amide bonds. The highest BCUT2D eigenvalue weighted by Crippen LogP contribution is 2.00. The predicted molar refractivity (Wildman–Crippen MR) is 33.8 cm³/mol. The van der Waals surface area contributed by atoms with Crippen LogP contribution in [0.2, 0.25) is 0 Å². The molecule has 1 atom stereocenters. The molecule has 1 heterocycles. The van der Waals surface area contributed by atoms with Crippen LogP contribution in [0, 0.1) is 0 Å². The minimum Gasteiger partial charge on any atom is -0.548 e. The van der Waals surface area contributed by atoms with Crippen LogP contribution in [0.15, 0.2) is 0 Å². The number of hydrogen-bond donors (Lipinski definition) is 1. The van der Waals surface area contributed by atoms with Gasteiger partial charge in [0.15, 0.2) is 0 Å². The summed E-state index contributed by atoms with van der Waals surface area (Å²) in [6.07, 6.45) is -1.47. The summed E-state index contributed by atoms with van der Waals surface area (Å²) in [6.45, 7) is 0.648. The van der Waals surface area contributed by atoms with Crippen molar-refractivity contribution in [3.63, 3.8) is 0 Å². The van der Waals surface area contributed by atoms with Gasteiger partial charge in [-0.25, -0.2) is 0 Å². The number of amides is 1. The standard InChI is InChI=1S/C6H10N2O4/c9-5(10)4-3-7-1-2-8(4)6(11)12/h4,7H,1-3H2,(H,9,10)(H,11,12)/p-2. The van der Waals surface area contributed by atoms with Gasteiger partial charge in [-0.3, -0.25) is 0 Å². The molecule has 0 radical (unpaired) electrons. The molecule has 6 heteroatoms. The molecule has 1 saturated heterocycles. The first-order chi connectivity index (χ1) is 5.63. The van der Waals surface area contributed by atoms with Gasteiger partial charge >= 0.3 is 0 Å². The zero-order valence-electron chi connectivity index (χ0n) is 6.28. The first-order valence-electron chi connectivity index (χ1n) is 3.52. The van der Waals surface area contributed by atoms with Crippen molar-refractivity contribution in [3.8, 4) is 0 Å². The summed E-state index contributed by atoms with van der Waals surface area (Å²) < 4.78 is 0. The minimum absolute atomic E-state index is 0.0797. The van der Waals surface area contributed by atoms with E-state index in [1.807, 2.05) is 0 Å². The van der Waals surface area contributed by atoms with Gasteiger partial charge in [-0.1, -0.05) is 0 Å². The van der Waals surface area contributed by atoms with Crippen molar-refractivity contribution in [2.45, 2.75) is 6.04 Å². The van der Waals surface area contributed by atoms with Crippen molar-refractivity contribution in [2.24, 2.45) is 0 Å². The van der Waals surface area contributed by atoms with Crippen molar-refractivity contribution in [2.75, 3.05) is 19.6 Å². The molecular weight excluding hydrogens is 164 g/mol. The first-order valence-corrected chi connectivity index (χ1v) is 3.52. The lowest BCUT2D eigenvalue weighted by atomic mass is 10.2. The molecule has 1 fully saturated rings. The third-order valence-corrected chi connectivity index (χ3v) is 1.75. The summed E-state index contributed by atoms with van der Waals surface area (Å²) in [7, 11) is 0. The van der Waals surface area contributed by atoms with Crippen molar-refractivity contribution < 1.29 is 19.8 Å².